The van der Waals surface area contributed by atoms with E-state index in [1.165, 1.54) is 56.9 Å². The van der Waals surface area contributed by atoms with E-state index in [2.05, 4.69) is 19.1 Å². The Hall–Kier alpha value is -1.64. The van der Waals surface area contributed by atoms with Crippen molar-refractivity contribution in [1.82, 2.24) is 0 Å². The van der Waals surface area contributed by atoms with Gasteiger partial charge in [-0.3, -0.25) is 9.59 Å². The third-order valence-corrected chi connectivity index (χ3v) is 5.33. The molecule has 0 aromatic heterocycles. The number of aliphatic carboxylic acids is 1. The van der Waals surface area contributed by atoms with Crippen molar-refractivity contribution in [1.29, 1.82) is 0 Å². The largest absolute Gasteiger partial charge is 0.481 e. The van der Waals surface area contributed by atoms with Crippen LogP contribution in [0, 0.1) is 5.92 Å². The molecule has 3 nitrogen and oxygen atoms in total. The summed E-state index contributed by atoms with van der Waals surface area (Å²) in [6.45, 7) is 2.26. The summed E-state index contributed by atoms with van der Waals surface area (Å²) in [5.41, 5.74) is 1.96. The van der Waals surface area contributed by atoms with E-state index in [9.17, 15) is 9.59 Å². The predicted molar refractivity (Wildman–Crippen MR) is 96.5 cm³/mol. The van der Waals surface area contributed by atoms with Crippen molar-refractivity contribution in [3.05, 3.63) is 35.4 Å². The van der Waals surface area contributed by atoms with Gasteiger partial charge in [-0.05, 0) is 43.1 Å². The van der Waals surface area contributed by atoms with Crippen LogP contribution in [-0.2, 0) is 4.79 Å². The van der Waals surface area contributed by atoms with Gasteiger partial charge >= 0.3 is 5.97 Å². The van der Waals surface area contributed by atoms with Crippen LogP contribution in [0.3, 0.4) is 0 Å². The molecule has 0 spiro atoms. The van der Waals surface area contributed by atoms with Gasteiger partial charge in [0, 0.05) is 12.0 Å². The molecule has 0 amide bonds. The lowest BCUT2D eigenvalue weighted by Gasteiger charge is -2.29. The summed E-state index contributed by atoms with van der Waals surface area (Å²) >= 11 is 0. The molecule has 2 rings (SSSR count). The normalized spacial score (nSPS) is 20.7. The second-order valence-corrected chi connectivity index (χ2v) is 7.15. The lowest BCUT2D eigenvalue weighted by atomic mass is 9.77. The average Bonchev–Trinajstić information content (AvgIpc) is 2.60. The molecule has 1 aliphatic rings. The maximum atomic E-state index is 11.9. The van der Waals surface area contributed by atoms with Crippen molar-refractivity contribution < 1.29 is 14.7 Å². The number of carboxylic acid groups (broad SMARTS) is 1. The van der Waals surface area contributed by atoms with Crippen LogP contribution in [0.15, 0.2) is 24.3 Å². The van der Waals surface area contributed by atoms with Crippen molar-refractivity contribution in [2.75, 3.05) is 0 Å². The van der Waals surface area contributed by atoms with Gasteiger partial charge in [-0.1, -0.05) is 56.9 Å². The van der Waals surface area contributed by atoms with Crippen LogP contribution in [0.5, 0.6) is 0 Å². The number of carbonyl (C=O) groups is 2. The van der Waals surface area contributed by atoms with Crippen molar-refractivity contribution in [3.8, 4) is 0 Å². The van der Waals surface area contributed by atoms with Crippen molar-refractivity contribution in [2.45, 2.75) is 77.0 Å². The first-order valence-corrected chi connectivity index (χ1v) is 9.45. The van der Waals surface area contributed by atoms with E-state index < -0.39 is 5.97 Å². The van der Waals surface area contributed by atoms with Gasteiger partial charge in [0.25, 0.3) is 0 Å². The van der Waals surface area contributed by atoms with Gasteiger partial charge in [0.1, 0.15) is 0 Å². The predicted octanol–water partition coefficient (Wildman–Crippen LogP) is 5.59. The second kappa shape index (κ2) is 9.61. The Morgan fingerprint density at radius 2 is 1.67 bits per heavy atom. The zero-order chi connectivity index (χ0) is 17.4. The van der Waals surface area contributed by atoms with Crippen LogP contribution in [-0.4, -0.2) is 16.9 Å². The standard InChI is InChI=1S/C21H30O3/c1-2-3-4-5-16-6-8-17(9-7-16)18-10-12-19(13-11-18)20(22)14-15-21(23)24/h10-13,16-17H,2-9,14-15H2,1H3,(H,23,24). The molecule has 0 radical (unpaired) electrons. The molecular weight excluding hydrogens is 300 g/mol. The van der Waals surface area contributed by atoms with Crippen LogP contribution < -0.4 is 0 Å². The Balaban J connectivity index is 1.81. The fourth-order valence-corrected chi connectivity index (χ4v) is 3.77. The number of hydrogen-bond acceptors (Lipinski definition) is 2. The summed E-state index contributed by atoms with van der Waals surface area (Å²) in [5, 5.41) is 8.66. The van der Waals surface area contributed by atoms with Gasteiger partial charge in [-0.2, -0.15) is 0 Å². The Morgan fingerprint density at radius 1 is 1.00 bits per heavy atom. The van der Waals surface area contributed by atoms with Gasteiger partial charge < -0.3 is 5.11 Å². The molecule has 1 fully saturated rings. The molecule has 1 saturated carbocycles. The molecule has 1 aromatic rings. The zero-order valence-corrected chi connectivity index (χ0v) is 14.8. The van der Waals surface area contributed by atoms with Crippen LogP contribution in [0.1, 0.15) is 93.0 Å². The number of hydrogen-bond donors (Lipinski definition) is 1. The van der Waals surface area contributed by atoms with Gasteiger partial charge in [0.05, 0.1) is 6.42 Å². The number of carbonyl (C=O) groups excluding carboxylic acids is 1. The highest BCUT2D eigenvalue weighted by atomic mass is 16.4. The maximum Gasteiger partial charge on any atom is 0.303 e. The smallest absolute Gasteiger partial charge is 0.303 e. The molecule has 24 heavy (non-hydrogen) atoms. The van der Waals surface area contributed by atoms with E-state index in [1.807, 2.05) is 12.1 Å². The number of Topliss-reactive ketones (excluding diaryl/α,β-unsaturated/α-hetero) is 1. The van der Waals surface area contributed by atoms with Crippen LogP contribution >= 0.6 is 0 Å². The molecule has 0 heterocycles. The van der Waals surface area contributed by atoms with E-state index in [0.29, 0.717) is 11.5 Å². The van der Waals surface area contributed by atoms with Crippen molar-refractivity contribution in [2.24, 2.45) is 5.92 Å². The molecule has 1 aliphatic carbocycles. The number of carboxylic acids is 1. The van der Waals surface area contributed by atoms with Gasteiger partial charge in [0.2, 0.25) is 0 Å². The number of ketones is 1. The topological polar surface area (TPSA) is 54.4 Å². The molecule has 0 bridgehead atoms. The second-order valence-electron chi connectivity index (χ2n) is 7.15. The molecule has 0 saturated heterocycles. The fourth-order valence-electron chi connectivity index (χ4n) is 3.77. The highest BCUT2D eigenvalue weighted by Crippen LogP contribution is 2.37. The lowest BCUT2D eigenvalue weighted by molar-refractivity contribution is -0.136. The first-order valence-electron chi connectivity index (χ1n) is 9.45. The van der Waals surface area contributed by atoms with E-state index >= 15 is 0 Å². The molecule has 0 unspecified atom stereocenters. The van der Waals surface area contributed by atoms with Crippen LogP contribution in [0.2, 0.25) is 0 Å². The highest BCUT2D eigenvalue weighted by Gasteiger charge is 2.22. The first-order chi connectivity index (χ1) is 11.6. The minimum absolute atomic E-state index is 0.0800. The summed E-state index contributed by atoms with van der Waals surface area (Å²) in [4.78, 5) is 22.5. The minimum atomic E-state index is -0.921. The first kappa shape index (κ1) is 18.7. The van der Waals surface area contributed by atoms with E-state index in [0.717, 1.165) is 5.92 Å². The van der Waals surface area contributed by atoms with Crippen molar-refractivity contribution >= 4 is 11.8 Å². The number of unbranched alkanes of at least 4 members (excludes halogenated alkanes) is 2. The third-order valence-electron chi connectivity index (χ3n) is 5.33. The van der Waals surface area contributed by atoms with Crippen LogP contribution in [0.4, 0.5) is 0 Å². The summed E-state index contributed by atoms with van der Waals surface area (Å²) in [6.07, 6.45) is 10.6. The summed E-state index contributed by atoms with van der Waals surface area (Å²) in [6, 6.07) is 7.87. The van der Waals surface area contributed by atoms with Crippen molar-refractivity contribution in [3.63, 3.8) is 0 Å². The molecule has 0 aliphatic heterocycles. The Labute approximate surface area is 145 Å². The summed E-state index contributed by atoms with van der Waals surface area (Å²) in [5.74, 6) is 0.527. The Kier molecular flexibility index (Phi) is 7.48. The molecule has 1 N–H and O–H groups in total. The number of rotatable bonds is 9. The van der Waals surface area contributed by atoms with E-state index in [1.54, 1.807) is 0 Å². The van der Waals surface area contributed by atoms with Gasteiger partial charge in [0.15, 0.2) is 5.78 Å². The highest BCUT2D eigenvalue weighted by molar-refractivity contribution is 5.97. The van der Waals surface area contributed by atoms with Gasteiger partial charge in [-0.15, -0.1) is 0 Å². The Bertz CT molecular complexity index is 525. The van der Waals surface area contributed by atoms with Crippen LogP contribution in [0.25, 0.3) is 0 Å². The number of benzene rings is 1. The molecule has 0 atom stereocenters. The molecular formula is C21H30O3. The lowest BCUT2D eigenvalue weighted by Crippen LogP contribution is -2.13. The summed E-state index contributed by atoms with van der Waals surface area (Å²) in [7, 11) is 0. The molecule has 1 aromatic carbocycles. The monoisotopic (exact) mass is 330 g/mol. The maximum absolute atomic E-state index is 11.9. The molecule has 3 heteroatoms. The molecule has 132 valence electrons. The Morgan fingerprint density at radius 3 is 2.25 bits per heavy atom. The average molecular weight is 330 g/mol. The fraction of sp³-hybridized carbons (Fsp3) is 0.619. The minimum Gasteiger partial charge on any atom is -0.481 e. The van der Waals surface area contributed by atoms with E-state index in [-0.39, 0.29) is 18.6 Å². The van der Waals surface area contributed by atoms with E-state index in [4.69, 9.17) is 5.11 Å². The quantitative estimate of drug-likeness (QED) is 0.474. The SMILES string of the molecule is CCCCCC1CCC(c2ccc(C(=O)CCC(=O)O)cc2)CC1. The zero-order valence-electron chi connectivity index (χ0n) is 14.8. The van der Waals surface area contributed by atoms with Gasteiger partial charge in [-0.25, -0.2) is 0 Å². The third kappa shape index (κ3) is 5.77. The summed E-state index contributed by atoms with van der Waals surface area (Å²) < 4.78 is 0.